The van der Waals surface area contributed by atoms with Crippen molar-refractivity contribution in [1.82, 2.24) is 0 Å². The first kappa shape index (κ1) is 11.7. The van der Waals surface area contributed by atoms with E-state index in [1.807, 2.05) is 13.8 Å². The molecule has 6 heteroatoms. The summed E-state index contributed by atoms with van der Waals surface area (Å²) in [5.41, 5.74) is 0.678. The first-order chi connectivity index (χ1) is 8.09. The lowest BCUT2D eigenvalue weighted by molar-refractivity contribution is -0.386. The van der Waals surface area contributed by atoms with Gasteiger partial charge in [-0.2, -0.15) is 0 Å². The van der Waals surface area contributed by atoms with E-state index < -0.39 is 4.92 Å². The van der Waals surface area contributed by atoms with E-state index in [9.17, 15) is 10.1 Å². The molecule has 92 valence electrons. The minimum absolute atomic E-state index is 0.0839. The lowest BCUT2D eigenvalue weighted by Crippen LogP contribution is -2.15. The zero-order valence-electron chi connectivity index (χ0n) is 9.63. The Kier molecular flexibility index (Phi) is 3.14. The van der Waals surface area contributed by atoms with Crippen LogP contribution < -0.4 is 9.47 Å². The molecule has 0 fully saturated rings. The van der Waals surface area contributed by atoms with Gasteiger partial charge in [-0.15, -0.1) is 0 Å². The fraction of sp³-hybridized carbons (Fsp3) is 0.455. The minimum atomic E-state index is -0.475. The highest BCUT2D eigenvalue weighted by Crippen LogP contribution is 2.42. The number of nitrogens with zero attached hydrogens (tertiary/aromatic N) is 1. The Bertz CT molecular complexity index is 444. The van der Waals surface area contributed by atoms with E-state index >= 15 is 0 Å². The summed E-state index contributed by atoms with van der Waals surface area (Å²) in [6.45, 7) is 4.08. The molecule has 0 spiro atoms. The van der Waals surface area contributed by atoms with Crippen molar-refractivity contribution in [2.75, 3.05) is 6.79 Å². The van der Waals surface area contributed by atoms with Gasteiger partial charge < -0.3 is 14.2 Å². The molecule has 1 aliphatic heterocycles. The van der Waals surface area contributed by atoms with Gasteiger partial charge in [0, 0.05) is 11.6 Å². The fourth-order valence-corrected chi connectivity index (χ4v) is 1.61. The number of rotatable bonds is 3. The predicted octanol–water partition coefficient (Wildman–Crippen LogP) is 2.25. The predicted molar refractivity (Wildman–Crippen MR) is 59.1 cm³/mol. The van der Waals surface area contributed by atoms with E-state index in [0.717, 1.165) is 5.56 Å². The minimum Gasteiger partial charge on any atom is -0.482 e. The highest BCUT2D eigenvalue weighted by Gasteiger charge is 2.26. The van der Waals surface area contributed by atoms with Crippen LogP contribution in [-0.4, -0.2) is 17.8 Å². The van der Waals surface area contributed by atoms with Crippen LogP contribution in [0.1, 0.15) is 19.4 Å². The van der Waals surface area contributed by atoms with Crippen molar-refractivity contribution in [3.05, 3.63) is 27.8 Å². The van der Waals surface area contributed by atoms with Gasteiger partial charge in [-0.05, 0) is 19.9 Å². The Labute approximate surface area is 98.2 Å². The molecule has 0 saturated carbocycles. The van der Waals surface area contributed by atoms with Crippen molar-refractivity contribution < 1.29 is 19.1 Å². The number of fused-ring (bicyclic) bond motifs is 1. The number of benzene rings is 1. The van der Waals surface area contributed by atoms with E-state index in [-0.39, 0.29) is 24.3 Å². The van der Waals surface area contributed by atoms with E-state index in [2.05, 4.69) is 0 Å². The Hall–Kier alpha value is -1.82. The first-order valence-electron chi connectivity index (χ1n) is 5.27. The summed E-state index contributed by atoms with van der Waals surface area (Å²) >= 11 is 0. The quantitative estimate of drug-likeness (QED) is 0.597. The number of nitro groups is 1. The molecule has 1 heterocycles. The largest absolute Gasteiger partial charge is 0.482 e. The van der Waals surface area contributed by atoms with Crippen LogP contribution in [-0.2, 0) is 11.3 Å². The molecular formula is C11H13NO5. The van der Waals surface area contributed by atoms with Crippen molar-refractivity contribution in [3.63, 3.8) is 0 Å². The molecule has 1 aromatic rings. The van der Waals surface area contributed by atoms with Gasteiger partial charge in [0.05, 0.1) is 17.6 Å². The van der Waals surface area contributed by atoms with Gasteiger partial charge in [-0.3, -0.25) is 10.1 Å². The van der Waals surface area contributed by atoms with Gasteiger partial charge in [0.1, 0.15) is 0 Å². The highest BCUT2D eigenvalue weighted by atomic mass is 16.7. The second-order valence-electron chi connectivity index (χ2n) is 3.94. The van der Waals surface area contributed by atoms with Crippen LogP contribution in [0, 0.1) is 10.1 Å². The first-order valence-corrected chi connectivity index (χ1v) is 5.27. The van der Waals surface area contributed by atoms with Crippen molar-refractivity contribution in [1.29, 1.82) is 0 Å². The van der Waals surface area contributed by atoms with Gasteiger partial charge in [0.2, 0.25) is 5.75 Å². The molecule has 0 saturated heterocycles. The Morgan fingerprint density at radius 3 is 2.88 bits per heavy atom. The van der Waals surface area contributed by atoms with E-state index in [0.29, 0.717) is 12.4 Å². The number of hydrogen-bond acceptors (Lipinski definition) is 5. The molecule has 0 aliphatic carbocycles. The molecule has 1 aliphatic rings. The second kappa shape index (κ2) is 4.58. The molecule has 0 amide bonds. The van der Waals surface area contributed by atoms with Gasteiger partial charge >= 0.3 is 5.69 Å². The van der Waals surface area contributed by atoms with Crippen LogP contribution in [0.5, 0.6) is 11.5 Å². The Morgan fingerprint density at radius 1 is 1.47 bits per heavy atom. The average molecular weight is 239 g/mol. The van der Waals surface area contributed by atoms with Crippen LogP contribution in [0.2, 0.25) is 0 Å². The smallest absolute Gasteiger partial charge is 0.314 e. The summed E-state index contributed by atoms with van der Waals surface area (Å²) in [4.78, 5) is 10.5. The van der Waals surface area contributed by atoms with Gasteiger partial charge in [0.25, 0.3) is 0 Å². The molecule has 0 atom stereocenters. The number of ether oxygens (including phenoxy) is 3. The molecule has 2 rings (SSSR count). The third-order valence-corrected chi connectivity index (χ3v) is 2.27. The van der Waals surface area contributed by atoms with Crippen LogP contribution in [0.15, 0.2) is 12.1 Å². The maximum atomic E-state index is 10.9. The third kappa shape index (κ3) is 2.31. The second-order valence-corrected chi connectivity index (χ2v) is 3.94. The van der Waals surface area contributed by atoms with Crippen molar-refractivity contribution in [2.45, 2.75) is 26.6 Å². The Balaban J connectivity index is 2.51. The summed E-state index contributed by atoms with van der Waals surface area (Å²) in [7, 11) is 0. The summed E-state index contributed by atoms with van der Waals surface area (Å²) in [5, 5.41) is 10.9. The summed E-state index contributed by atoms with van der Waals surface area (Å²) in [5.74, 6) is 0.602. The SMILES string of the molecule is CC(C)Oc1c([N+](=O)[O-])ccc2c1OCOC2. The molecule has 0 radical (unpaired) electrons. The molecule has 6 nitrogen and oxygen atoms in total. The number of hydrogen-bond donors (Lipinski definition) is 0. The van der Waals surface area contributed by atoms with Crippen molar-refractivity contribution in [3.8, 4) is 11.5 Å². The summed E-state index contributed by atoms with van der Waals surface area (Å²) in [6, 6.07) is 3.04. The monoisotopic (exact) mass is 239 g/mol. The molecule has 0 N–H and O–H groups in total. The maximum absolute atomic E-state index is 10.9. The number of nitro benzene ring substituents is 1. The summed E-state index contributed by atoms with van der Waals surface area (Å²) < 4.78 is 15.9. The average Bonchev–Trinajstić information content (AvgIpc) is 2.28. The topological polar surface area (TPSA) is 70.8 Å². The van der Waals surface area contributed by atoms with Crippen molar-refractivity contribution in [2.24, 2.45) is 0 Å². The molecule has 0 bridgehead atoms. The Morgan fingerprint density at radius 2 is 2.24 bits per heavy atom. The zero-order chi connectivity index (χ0) is 12.4. The highest BCUT2D eigenvalue weighted by molar-refractivity contribution is 5.59. The fourth-order valence-electron chi connectivity index (χ4n) is 1.61. The van der Waals surface area contributed by atoms with Crippen LogP contribution in [0.25, 0.3) is 0 Å². The normalized spacial score (nSPS) is 14.1. The molecule has 1 aromatic carbocycles. The zero-order valence-corrected chi connectivity index (χ0v) is 9.63. The maximum Gasteiger partial charge on any atom is 0.314 e. The van der Waals surface area contributed by atoms with Crippen LogP contribution in [0.3, 0.4) is 0 Å². The van der Waals surface area contributed by atoms with E-state index in [4.69, 9.17) is 14.2 Å². The lowest BCUT2D eigenvalue weighted by atomic mass is 10.1. The molecule has 0 unspecified atom stereocenters. The van der Waals surface area contributed by atoms with Gasteiger partial charge in [-0.25, -0.2) is 0 Å². The summed E-state index contributed by atoms with van der Waals surface area (Å²) in [6.07, 6.45) is -0.161. The third-order valence-electron chi connectivity index (χ3n) is 2.27. The van der Waals surface area contributed by atoms with Crippen LogP contribution in [0.4, 0.5) is 5.69 Å². The van der Waals surface area contributed by atoms with Gasteiger partial charge in [-0.1, -0.05) is 0 Å². The molecule has 0 aromatic heterocycles. The van der Waals surface area contributed by atoms with E-state index in [1.165, 1.54) is 6.07 Å². The van der Waals surface area contributed by atoms with E-state index in [1.54, 1.807) is 6.07 Å². The van der Waals surface area contributed by atoms with Gasteiger partial charge in [0.15, 0.2) is 12.5 Å². The van der Waals surface area contributed by atoms with Crippen LogP contribution >= 0.6 is 0 Å². The molecular weight excluding hydrogens is 226 g/mol. The van der Waals surface area contributed by atoms with Crippen molar-refractivity contribution >= 4 is 5.69 Å². The lowest BCUT2D eigenvalue weighted by Gasteiger charge is -2.21. The molecule has 17 heavy (non-hydrogen) atoms. The standard InChI is InChI=1S/C11H13NO5/c1-7(2)17-11-9(12(13)14)4-3-8-5-15-6-16-10(8)11/h3-4,7H,5-6H2,1-2H3.